The number of carbonyl (C=O) groups excluding carboxylic acids is 2. The topological polar surface area (TPSA) is 108 Å². The Kier molecular flexibility index (Phi) is 7.41. The summed E-state index contributed by atoms with van der Waals surface area (Å²) < 4.78 is 11.4. The molecule has 0 N–H and O–H groups in total. The van der Waals surface area contributed by atoms with Gasteiger partial charge in [-0.25, -0.2) is 9.59 Å². The lowest BCUT2D eigenvalue weighted by molar-refractivity contribution is 0.00687. The summed E-state index contributed by atoms with van der Waals surface area (Å²) in [5.74, 6) is -0.464. The molecule has 0 unspecified atom stereocenters. The molecule has 5 rings (SSSR count). The normalized spacial score (nSPS) is 14.7. The van der Waals surface area contributed by atoms with Crippen LogP contribution in [0.3, 0.4) is 0 Å². The molecule has 206 valence electrons. The second-order valence-electron chi connectivity index (χ2n) is 11.1. The maximum Gasteiger partial charge on any atom is 0.409 e. The average molecular weight is 540 g/mol. The first-order valence-electron chi connectivity index (χ1n) is 13.4. The molecule has 1 aliphatic carbocycles. The number of nitrogens with zero attached hydrogens (tertiary/aromatic N) is 5. The third-order valence-corrected chi connectivity index (χ3v) is 7.38. The van der Waals surface area contributed by atoms with E-state index in [4.69, 9.17) is 15.0 Å². The average Bonchev–Trinajstić information content (AvgIpc) is 3.25. The van der Waals surface area contributed by atoms with E-state index in [1.165, 1.54) is 22.3 Å². The van der Waals surface area contributed by atoms with Crippen LogP contribution in [0.4, 0.5) is 16.2 Å². The quantitative estimate of drug-likeness (QED) is 0.151. The number of hydrogen-bond donors (Lipinski definition) is 0. The summed E-state index contributed by atoms with van der Waals surface area (Å²) >= 11 is 0. The van der Waals surface area contributed by atoms with E-state index in [1.807, 2.05) is 24.3 Å². The molecule has 3 aromatic carbocycles. The summed E-state index contributed by atoms with van der Waals surface area (Å²) in [6, 6.07) is 20.1. The van der Waals surface area contributed by atoms with Crippen LogP contribution in [0.1, 0.15) is 53.7 Å². The van der Waals surface area contributed by atoms with Crippen LogP contribution < -0.4 is 4.90 Å². The highest BCUT2D eigenvalue weighted by molar-refractivity contribution is 5.94. The highest BCUT2D eigenvalue weighted by atomic mass is 16.6. The highest BCUT2D eigenvalue weighted by Crippen LogP contribution is 2.44. The van der Waals surface area contributed by atoms with Crippen molar-refractivity contribution in [1.29, 1.82) is 0 Å². The number of azide groups is 1. The zero-order valence-electron chi connectivity index (χ0n) is 23.3. The van der Waals surface area contributed by atoms with Crippen molar-refractivity contribution in [2.45, 2.75) is 39.2 Å². The maximum atomic E-state index is 13.1. The Morgan fingerprint density at radius 2 is 1.57 bits per heavy atom. The molecule has 9 nitrogen and oxygen atoms in total. The fourth-order valence-electron chi connectivity index (χ4n) is 5.40. The van der Waals surface area contributed by atoms with E-state index in [0.29, 0.717) is 43.0 Å². The number of rotatable bonds is 5. The number of hydrogen-bond acceptors (Lipinski definition) is 6. The molecule has 1 fully saturated rings. The van der Waals surface area contributed by atoms with Gasteiger partial charge in [0.2, 0.25) is 0 Å². The first-order valence-corrected chi connectivity index (χ1v) is 13.4. The van der Waals surface area contributed by atoms with Gasteiger partial charge in [0, 0.05) is 48.4 Å². The van der Waals surface area contributed by atoms with Crippen LogP contribution in [-0.2, 0) is 9.47 Å². The van der Waals surface area contributed by atoms with Gasteiger partial charge in [-0.3, -0.25) is 0 Å². The van der Waals surface area contributed by atoms with Crippen molar-refractivity contribution in [2.75, 3.05) is 37.7 Å². The first-order chi connectivity index (χ1) is 19.2. The Morgan fingerprint density at radius 1 is 0.975 bits per heavy atom. The molecule has 0 atom stereocenters. The predicted molar refractivity (Wildman–Crippen MR) is 154 cm³/mol. The molecule has 1 heterocycles. The fourth-order valence-corrected chi connectivity index (χ4v) is 5.40. The van der Waals surface area contributed by atoms with Crippen molar-refractivity contribution in [2.24, 2.45) is 5.11 Å². The molecule has 0 spiro atoms. The molecule has 0 aromatic heterocycles. The first kappa shape index (κ1) is 27.1. The molecule has 1 amide bonds. The van der Waals surface area contributed by atoms with E-state index in [1.54, 1.807) is 44.7 Å². The number of amides is 1. The standard InChI is InChI=1S/C31H33N5O4/c1-20-26(29(37)40-31(2,3)4)17-21(18-28(20)33-34-32)35-13-15-36(16-14-35)30(38)39-19-27-24-11-7-5-9-22(24)23-10-6-8-12-25(23)27/h5-12,17-18,27H,13-16,19H2,1-4H3. The lowest BCUT2D eigenvalue weighted by atomic mass is 9.98. The number of esters is 1. The van der Waals surface area contributed by atoms with E-state index in [-0.39, 0.29) is 18.6 Å². The third-order valence-electron chi connectivity index (χ3n) is 7.38. The molecule has 0 saturated carbocycles. The van der Waals surface area contributed by atoms with Gasteiger partial charge in [0.25, 0.3) is 0 Å². The van der Waals surface area contributed by atoms with E-state index in [9.17, 15) is 9.59 Å². The van der Waals surface area contributed by atoms with Crippen LogP contribution in [0.15, 0.2) is 65.8 Å². The van der Waals surface area contributed by atoms with Gasteiger partial charge in [0.15, 0.2) is 0 Å². The second-order valence-corrected chi connectivity index (χ2v) is 11.1. The number of fused-ring (bicyclic) bond motifs is 3. The number of anilines is 1. The Morgan fingerprint density at radius 3 is 2.15 bits per heavy atom. The number of benzene rings is 3. The summed E-state index contributed by atoms with van der Waals surface area (Å²) in [6.07, 6.45) is -0.338. The number of carbonyl (C=O) groups is 2. The minimum absolute atomic E-state index is 0.00980. The van der Waals surface area contributed by atoms with Gasteiger partial charge in [-0.1, -0.05) is 53.6 Å². The van der Waals surface area contributed by atoms with Gasteiger partial charge in [0.1, 0.15) is 12.2 Å². The lowest BCUT2D eigenvalue weighted by Gasteiger charge is -2.36. The van der Waals surface area contributed by atoms with E-state index in [0.717, 1.165) is 5.69 Å². The predicted octanol–water partition coefficient (Wildman–Crippen LogP) is 6.96. The smallest absolute Gasteiger partial charge is 0.409 e. The van der Waals surface area contributed by atoms with Gasteiger partial charge in [0.05, 0.1) is 5.56 Å². The monoisotopic (exact) mass is 539 g/mol. The van der Waals surface area contributed by atoms with Crippen molar-refractivity contribution in [3.63, 3.8) is 0 Å². The van der Waals surface area contributed by atoms with E-state index in [2.05, 4.69) is 39.2 Å². The van der Waals surface area contributed by atoms with Gasteiger partial charge >= 0.3 is 12.1 Å². The zero-order chi connectivity index (χ0) is 28.4. The molecule has 2 aliphatic rings. The Balaban J connectivity index is 1.25. The van der Waals surface area contributed by atoms with Gasteiger partial charge in [-0.15, -0.1) is 0 Å². The van der Waals surface area contributed by atoms with Crippen LogP contribution in [-0.4, -0.2) is 55.3 Å². The summed E-state index contributed by atoms with van der Waals surface area (Å²) in [5, 5.41) is 3.80. The van der Waals surface area contributed by atoms with Crippen molar-refractivity contribution in [3.05, 3.63) is 93.4 Å². The van der Waals surface area contributed by atoms with E-state index < -0.39 is 11.6 Å². The van der Waals surface area contributed by atoms with Gasteiger partial charge < -0.3 is 19.3 Å². The number of ether oxygens (including phenoxy) is 2. The van der Waals surface area contributed by atoms with Crippen LogP contribution >= 0.6 is 0 Å². The van der Waals surface area contributed by atoms with Gasteiger partial charge in [-0.05, 0) is 73.2 Å². The molecular formula is C31H33N5O4. The second kappa shape index (κ2) is 10.9. The largest absolute Gasteiger partial charge is 0.456 e. The minimum Gasteiger partial charge on any atom is -0.456 e. The minimum atomic E-state index is -0.660. The number of piperazine rings is 1. The molecule has 1 saturated heterocycles. The third kappa shape index (κ3) is 5.46. The molecule has 0 radical (unpaired) electrons. The SMILES string of the molecule is Cc1c(N=[N+]=[N-])cc(N2CCN(C(=O)OCC3c4ccccc4-c4ccccc43)CC2)cc1C(=O)OC(C)(C)C. The van der Waals surface area contributed by atoms with Crippen molar-refractivity contribution in [1.82, 2.24) is 4.90 Å². The van der Waals surface area contributed by atoms with Crippen molar-refractivity contribution >= 4 is 23.4 Å². The molecule has 1 aliphatic heterocycles. The van der Waals surface area contributed by atoms with Crippen molar-refractivity contribution < 1.29 is 19.1 Å². The molecular weight excluding hydrogens is 506 g/mol. The Hall–Kier alpha value is -4.49. The maximum absolute atomic E-state index is 13.1. The summed E-state index contributed by atoms with van der Waals surface area (Å²) in [7, 11) is 0. The Bertz CT molecular complexity index is 1450. The molecule has 9 heteroatoms. The fraction of sp³-hybridized carbons (Fsp3) is 0.355. The zero-order valence-corrected chi connectivity index (χ0v) is 23.3. The molecule has 0 bridgehead atoms. The van der Waals surface area contributed by atoms with Crippen LogP contribution in [0.2, 0.25) is 0 Å². The van der Waals surface area contributed by atoms with E-state index >= 15 is 0 Å². The summed E-state index contributed by atoms with van der Waals surface area (Å²) in [6.45, 7) is 9.44. The van der Waals surface area contributed by atoms with Crippen LogP contribution in [0, 0.1) is 6.92 Å². The van der Waals surface area contributed by atoms with Crippen LogP contribution in [0.5, 0.6) is 0 Å². The summed E-state index contributed by atoms with van der Waals surface area (Å²) in [4.78, 5) is 32.7. The molecule has 3 aromatic rings. The Labute approximate surface area is 233 Å². The lowest BCUT2D eigenvalue weighted by Crippen LogP contribution is -2.49. The van der Waals surface area contributed by atoms with Gasteiger partial charge in [-0.2, -0.15) is 0 Å². The summed E-state index contributed by atoms with van der Waals surface area (Å²) in [5.41, 5.74) is 15.2. The highest BCUT2D eigenvalue weighted by Gasteiger charge is 2.31. The van der Waals surface area contributed by atoms with Crippen molar-refractivity contribution in [3.8, 4) is 11.1 Å². The molecule has 40 heavy (non-hydrogen) atoms. The van der Waals surface area contributed by atoms with Crippen LogP contribution in [0.25, 0.3) is 21.6 Å².